The summed E-state index contributed by atoms with van der Waals surface area (Å²) < 4.78 is 23.3. The van der Waals surface area contributed by atoms with Crippen LogP contribution in [0.4, 0.5) is 0 Å². The van der Waals surface area contributed by atoms with Crippen molar-refractivity contribution in [3.63, 3.8) is 0 Å². The van der Waals surface area contributed by atoms with Crippen LogP contribution in [0.1, 0.15) is 26.7 Å². The maximum atomic E-state index is 11.0. The summed E-state index contributed by atoms with van der Waals surface area (Å²) in [6.45, 7) is 3.37. The molecule has 6 heteroatoms. The Kier molecular flexibility index (Phi) is 4.20. The first-order chi connectivity index (χ1) is 10.9. The minimum Gasteiger partial charge on any atom is -0.392 e. The number of allylic oxidation sites excluding steroid dienone is 2. The van der Waals surface area contributed by atoms with Crippen molar-refractivity contribution in [1.29, 1.82) is 0 Å². The molecule has 1 fully saturated rings. The van der Waals surface area contributed by atoms with Crippen molar-refractivity contribution in [3.05, 3.63) is 23.8 Å². The highest BCUT2D eigenvalue weighted by Crippen LogP contribution is 2.52. The number of hydrogen-bond donors (Lipinski definition) is 2. The molecule has 2 aliphatic carbocycles. The van der Waals surface area contributed by atoms with Gasteiger partial charge in [-0.05, 0) is 32.3 Å². The molecule has 0 aromatic carbocycles. The van der Waals surface area contributed by atoms with E-state index in [2.05, 4.69) is 0 Å². The molecule has 0 saturated carbocycles. The fourth-order valence-electron chi connectivity index (χ4n) is 3.96. The quantitative estimate of drug-likeness (QED) is 0.757. The normalized spacial score (nSPS) is 45.1. The molecule has 1 heterocycles. The first-order valence-corrected chi connectivity index (χ1v) is 7.97. The molecule has 130 valence electrons. The van der Waals surface area contributed by atoms with Gasteiger partial charge in [-0.2, -0.15) is 0 Å². The van der Waals surface area contributed by atoms with Crippen molar-refractivity contribution < 1.29 is 29.2 Å². The Morgan fingerprint density at radius 2 is 1.70 bits per heavy atom. The Morgan fingerprint density at radius 3 is 2.22 bits per heavy atom. The number of aliphatic hydroxyl groups is 2. The highest BCUT2D eigenvalue weighted by molar-refractivity contribution is 5.31. The van der Waals surface area contributed by atoms with Gasteiger partial charge in [-0.25, -0.2) is 0 Å². The lowest BCUT2D eigenvalue weighted by molar-refractivity contribution is -0.452. The van der Waals surface area contributed by atoms with Crippen LogP contribution in [0.15, 0.2) is 23.8 Å². The molecule has 0 aromatic heterocycles. The molecule has 3 aliphatic rings. The molecule has 2 N–H and O–H groups in total. The van der Waals surface area contributed by atoms with Gasteiger partial charge in [0.05, 0.1) is 12.7 Å². The van der Waals surface area contributed by atoms with E-state index >= 15 is 0 Å². The second-order valence-corrected chi connectivity index (χ2v) is 6.80. The molecule has 23 heavy (non-hydrogen) atoms. The van der Waals surface area contributed by atoms with Gasteiger partial charge in [0.25, 0.3) is 0 Å². The summed E-state index contributed by atoms with van der Waals surface area (Å²) in [5.41, 5.74) is 0.272. The van der Waals surface area contributed by atoms with Crippen LogP contribution in [-0.2, 0) is 18.9 Å². The van der Waals surface area contributed by atoms with Gasteiger partial charge in [-0.3, -0.25) is 0 Å². The van der Waals surface area contributed by atoms with Crippen molar-refractivity contribution >= 4 is 0 Å². The number of hydrogen-bond acceptors (Lipinski definition) is 6. The van der Waals surface area contributed by atoms with E-state index < -0.39 is 35.3 Å². The van der Waals surface area contributed by atoms with Gasteiger partial charge >= 0.3 is 0 Å². The Labute approximate surface area is 136 Å². The first-order valence-electron chi connectivity index (χ1n) is 7.97. The summed E-state index contributed by atoms with van der Waals surface area (Å²) >= 11 is 0. The molecule has 0 amide bonds. The average molecular weight is 326 g/mol. The number of methoxy groups -OCH3 is 2. The van der Waals surface area contributed by atoms with Gasteiger partial charge in [-0.1, -0.05) is 18.2 Å². The van der Waals surface area contributed by atoms with Gasteiger partial charge in [0.2, 0.25) is 11.6 Å². The summed E-state index contributed by atoms with van der Waals surface area (Å²) in [7, 11) is 3.05. The van der Waals surface area contributed by atoms with Crippen molar-refractivity contribution in [2.75, 3.05) is 20.8 Å². The molecule has 1 aliphatic heterocycles. The zero-order valence-electron chi connectivity index (χ0n) is 14.1. The zero-order valence-corrected chi connectivity index (χ0v) is 14.1. The SMILES string of the molecule is CO[C@@]1(C)O[C@@H]2[C@@H](O)C3(CC=CC3)C(CO)=C[C@H]2O[C@]1(C)OC. The lowest BCUT2D eigenvalue weighted by atomic mass is 9.66. The minimum absolute atomic E-state index is 0.115. The lowest BCUT2D eigenvalue weighted by Gasteiger charge is -2.56. The van der Waals surface area contributed by atoms with E-state index in [1.165, 1.54) is 14.2 Å². The van der Waals surface area contributed by atoms with E-state index in [-0.39, 0.29) is 6.61 Å². The molecule has 0 aromatic rings. The fraction of sp³-hybridized carbons (Fsp3) is 0.765. The third kappa shape index (κ3) is 2.24. The second-order valence-electron chi connectivity index (χ2n) is 6.80. The van der Waals surface area contributed by atoms with Crippen LogP contribution in [0.2, 0.25) is 0 Å². The third-order valence-electron chi connectivity index (χ3n) is 5.83. The summed E-state index contributed by atoms with van der Waals surface area (Å²) in [6, 6.07) is 0. The van der Waals surface area contributed by atoms with Crippen LogP contribution in [-0.4, -0.2) is 60.9 Å². The molecule has 0 unspecified atom stereocenters. The number of rotatable bonds is 3. The Hall–Kier alpha value is -0.760. The average Bonchev–Trinajstić information content (AvgIpc) is 3.04. The third-order valence-corrected chi connectivity index (χ3v) is 5.83. The van der Waals surface area contributed by atoms with E-state index in [9.17, 15) is 10.2 Å². The molecular weight excluding hydrogens is 300 g/mol. The van der Waals surface area contributed by atoms with Crippen LogP contribution in [0, 0.1) is 5.41 Å². The van der Waals surface area contributed by atoms with E-state index in [1.807, 2.05) is 18.2 Å². The van der Waals surface area contributed by atoms with Gasteiger partial charge in [0.1, 0.15) is 12.2 Å². The molecule has 3 rings (SSSR count). The van der Waals surface area contributed by atoms with Gasteiger partial charge in [-0.15, -0.1) is 0 Å². The van der Waals surface area contributed by atoms with Crippen molar-refractivity contribution in [1.82, 2.24) is 0 Å². The van der Waals surface area contributed by atoms with Crippen LogP contribution >= 0.6 is 0 Å². The Bertz CT molecular complexity index is 521. The monoisotopic (exact) mass is 326 g/mol. The van der Waals surface area contributed by atoms with E-state index in [0.717, 1.165) is 5.57 Å². The fourth-order valence-corrected chi connectivity index (χ4v) is 3.96. The molecule has 0 radical (unpaired) electrons. The second kappa shape index (κ2) is 5.65. The molecular formula is C17H26O6. The highest BCUT2D eigenvalue weighted by atomic mass is 16.8. The molecule has 1 saturated heterocycles. The van der Waals surface area contributed by atoms with Crippen LogP contribution in [0.3, 0.4) is 0 Å². The Morgan fingerprint density at radius 1 is 1.13 bits per heavy atom. The zero-order chi connectivity index (χ0) is 16.9. The summed E-state index contributed by atoms with van der Waals surface area (Å²) in [6.07, 6.45) is 5.40. The Balaban J connectivity index is 2.01. The highest BCUT2D eigenvalue weighted by Gasteiger charge is 2.61. The number of ether oxygens (including phenoxy) is 4. The van der Waals surface area contributed by atoms with E-state index in [1.54, 1.807) is 13.8 Å². The van der Waals surface area contributed by atoms with Gasteiger partial charge in [0.15, 0.2) is 0 Å². The maximum Gasteiger partial charge on any atom is 0.220 e. The lowest BCUT2D eigenvalue weighted by Crippen LogP contribution is -2.69. The number of fused-ring (bicyclic) bond motifs is 1. The molecule has 5 atom stereocenters. The summed E-state index contributed by atoms with van der Waals surface area (Å²) in [5, 5.41) is 20.8. The van der Waals surface area contributed by atoms with Gasteiger partial charge in [0, 0.05) is 19.6 Å². The van der Waals surface area contributed by atoms with E-state index in [4.69, 9.17) is 18.9 Å². The van der Waals surface area contributed by atoms with Crippen molar-refractivity contribution in [2.45, 2.75) is 56.6 Å². The topological polar surface area (TPSA) is 77.4 Å². The van der Waals surface area contributed by atoms with E-state index in [0.29, 0.717) is 12.8 Å². The molecule has 6 nitrogen and oxygen atoms in total. The predicted octanol–water partition coefficient (Wildman–Crippen LogP) is 1.13. The standard InChI is InChI=1S/C17H26O6/c1-15(20-3)16(2,21-4)23-13-12(22-15)9-11(10-18)17(14(13)19)7-5-6-8-17/h5-6,9,12-14,18-19H,7-8,10H2,1-4H3/t12-,13+,14-,15+,16+/m1/s1. The molecule has 0 bridgehead atoms. The largest absolute Gasteiger partial charge is 0.392 e. The molecule has 1 spiro atoms. The maximum absolute atomic E-state index is 11.0. The van der Waals surface area contributed by atoms with Gasteiger partial charge < -0.3 is 29.2 Å². The summed E-state index contributed by atoms with van der Waals surface area (Å²) in [5.74, 6) is -2.28. The van der Waals surface area contributed by atoms with Crippen molar-refractivity contribution in [2.24, 2.45) is 5.41 Å². The van der Waals surface area contributed by atoms with Crippen LogP contribution in [0.5, 0.6) is 0 Å². The first kappa shape index (κ1) is 17.1. The van der Waals surface area contributed by atoms with Crippen LogP contribution in [0.25, 0.3) is 0 Å². The predicted molar refractivity (Wildman–Crippen MR) is 82.6 cm³/mol. The number of aliphatic hydroxyl groups excluding tert-OH is 2. The summed E-state index contributed by atoms with van der Waals surface area (Å²) in [4.78, 5) is 0. The van der Waals surface area contributed by atoms with Crippen molar-refractivity contribution in [3.8, 4) is 0 Å². The smallest absolute Gasteiger partial charge is 0.220 e. The minimum atomic E-state index is -1.15. The van der Waals surface area contributed by atoms with Crippen LogP contribution < -0.4 is 0 Å².